The van der Waals surface area contributed by atoms with Gasteiger partial charge in [-0.15, -0.1) is 0 Å². The van der Waals surface area contributed by atoms with Crippen LogP contribution in [0.15, 0.2) is 24.5 Å². The summed E-state index contributed by atoms with van der Waals surface area (Å²) >= 11 is 6.02. The van der Waals surface area contributed by atoms with E-state index >= 15 is 0 Å². The van der Waals surface area contributed by atoms with Crippen LogP contribution in [0, 0.1) is 17.0 Å². The summed E-state index contributed by atoms with van der Waals surface area (Å²) in [5.41, 5.74) is 1.32. The van der Waals surface area contributed by atoms with Crippen LogP contribution in [0.4, 0.5) is 23.0 Å². The molecule has 2 N–H and O–H groups in total. The molecule has 0 amide bonds. The number of rotatable bonds is 4. The predicted molar refractivity (Wildman–Crippen MR) is 77.7 cm³/mol. The molecular formula is C12H12ClN5O2. The third-order valence-corrected chi connectivity index (χ3v) is 3.08. The van der Waals surface area contributed by atoms with Gasteiger partial charge in [0.25, 0.3) is 0 Å². The number of benzene rings is 1. The maximum atomic E-state index is 11.1. The first-order chi connectivity index (χ1) is 9.52. The van der Waals surface area contributed by atoms with Crippen LogP contribution >= 0.6 is 11.6 Å². The monoisotopic (exact) mass is 293 g/mol. The number of nitrogens with one attached hydrogen (secondary N) is 2. The third kappa shape index (κ3) is 2.77. The average Bonchev–Trinajstić information content (AvgIpc) is 2.42. The summed E-state index contributed by atoms with van der Waals surface area (Å²) < 4.78 is 0. The van der Waals surface area contributed by atoms with Gasteiger partial charge in [-0.25, -0.2) is 9.97 Å². The highest BCUT2D eigenvalue weighted by atomic mass is 35.5. The van der Waals surface area contributed by atoms with Crippen molar-refractivity contribution in [2.24, 2.45) is 0 Å². The molecule has 0 aliphatic rings. The van der Waals surface area contributed by atoms with Gasteiger partial charge < -0.3 is 10.6 Å². The summed E-state index contributed by atoms with van der Waals surface area (Å²) in [6, 6.07) is 5.27. The Morgan fingerprint density at radius 3 is 2.60 bits per heavy atom. The van der Waals surface area contributed by atoms with E-state index in [0.29, 0.717) is 10.7 Å². The van der Waals surface area contributed by atoms with Gasteiger partial charge in [0.1, 0.15) is 6.33 Å². The Labute approximate surface area is 120 Å². The summed E-state index contributed by atoms with van der Waals surface area (Å²) in [4.78, 5) is 18.3. The Bertz CT molecular complexity index is 662. The topological polar surface area (TPSA) is 93.0 Å². The van der Waals surface area contributed by atoms with Gasteiger partial charge in [0.2, 0.25) is 11.6 Å². The van der Waals surface area contributed by atoms with Crippen molar-refractivity contribution >= 4 is 34.6 Å². The molecule has 7 nitrogen and oxygen atoms in total. The fourth-order valence-electron chi connectivity index (χ4n) is 1.63. The van der Waals surface area contributed by atoms with E-state index in [1.54, 1.807) is 19.2 Å². The normalized spacial score (nSPS) is 10.2. The summed E-state index contributed by atoms with van der Waals surface area (Å²) in [6.07, 6.45) is 1.25. The summed E-state index contributed by atoms with van der Waals surface area (Å²) in [5, 5.41) is 17.2. The van der Waals surface area contributed by atoms with Crippen molar-refractivity contribution in [1.29, 1.82) is 0 Å². The van der Waals surface area contributed by atoms with E-state index in [1.165, 1.54) is 6.33 Å². The molecule has 0 fully saturated rings. The number of aromatic nitrogens is 2. The summed E-state index contributed by atoms with van der Waals surface area (Å²) in [5.74, 6) is 0.250. The molecule has 0 unspecified atom stereocenters. The lowest BCUT2D eigenvalue weighted by molar-refractivity contribution is -0.383. The van der Waals surface area contributed by atoms with Crippen molar-refractivity contribution in [3.05, 3.63) is 45.2 Å². The fourth-order valence-corrected chi connectivity index (χ4v) is 1.81. The molecule has 0 spiro atoms. The van der Waals surface area contributed by atoms with E-state index in [2.05, 4.69) is 20.6 Å². The number of hydrogen-bond donors (Lipinski definition) is 2. The minimum atomic E-state index is -0.538. The maximum absolute atomic E-state index is 11.1. The van der Waals surface area contributed by atoms with E-state index in [-0.39, 0.29) is 17.3 Å². The van der Waals surface area contributed by atoms with Crippen LogP contribution in [0.2, 0.25) is 5.02 Å². The molecule has 0 saturated heterocycles. The van der Waals surface area contributed by atoms with Crippen LogP contribution in [0.25, 0.3) is 0 Å². The first-order valence-electron chi connectivity index (χ1n) is 5.73. The quantitative estimate of drug-likeness (QED) is 0.664. The lowest BCUT2D eigenvalue weighted by Gasteiger charge is -2.09. The lowest BCUT2D eigenvalue weighted by atomic mass is 10.2. The molecule has 8 heteroatoms. The van der Waals surface area contributed by atoms with Gasteiger partial charge in [-0.2, -0.15) is 0 Å². The number of anilines is 3. The second kappa shape index (κ2) is 5.70. The van der Waals surface area contributed by atoms with Crippen molar-refractivity contribution in [2.45, 2.75) is 6.92 Å². The second-order valence-electron chi connectivity index (χ2n) is 4.02. The van der Waals surface area contributed by atoms with Gasteiger partial charge in [-0.3, -0.25) is 10.1 Å². The molecule has 104 valence electrons. The Hall–Kier alpha value is -2.41. The van der Waals surface area contributed by atoms with Crippen LogP contribution in [0.3, 0.4) is 0 Å². The van der Waals surface area contributed by atoms with E-state index < -0.39 is 4.92 Å². The molecule has 0 atom stereocenters. The van der Waals surface area contributed by atoms with Gasteiger partial charge in [0.15, 0.2) is 0 Å². The zero-order valence-electron chi connectivity index (χ0n) is 10.8. The third-order valence-electron chi connectivity index (χ3n) is 2.68. The highest BCUT2D eigenvalue weighted by Crippen LogP contribution is 2.31. The van der Waals surface area contributed by atoms with Crippen LogP contribution in [-0.2, 0) is 0 Å². The number of aryl methyl sites for hydroxylation is 1. The highest BCUT2D eigenvalue weighted by molar-refractivity contribution is 6.31. The van der Waals surface area contributed by atoms with Crippen molar-refractivity contribution in [2.75, 3.05) is 17.7 Å². The molecule has 2 rings (SSSR count). The average molecular weight is 294 g/mol. The second-order valence-corrected chi connectivity index (χ2v) is 4.42. The first-order valence-corrected chi connectivity index (χ1v) is 6.11. The maximum Gasteiger partial charge on any atom is 0.353 e. The molecule has 0 radical (unpaired) electrons. The zero-order chi connectivity index (χ0) is 14.7. The zero-order valence-corrected chi connectivity index (χ0v) is 11.6. The van der Waals surface area contributed by atoms with E-state index in [0.717, 1.165) is 5.56 Å². The molecule has 0 saturated carbocycles. The fraction of sp³-hybridized carbons (Fsp3) is 0.167. The minimum Gasteiger partial charge on any atom is -0.367 e. The molecule has 1 aromatic carbocycles. The lowest BCUT2D eigenvalue weighted by Crippen LogP contribution is -2.05. The molecule has 2 aromatic rings. The number of nitrogens with zero attached hydrogens (tertiary/aromatic N) is 3. The standard InChI is InChI=1S/C12H12ClN5O2/c1-7-3-4-8(5-9(7)13)17-12-10(18(19)20)11(14-2)15-6-16-12/h3-6H,1-2H3,(H2,14,15,16,17). The van der Waals surface area contributed by atoms with E-state index in [4.69, 9.17) is 11.6 Å². The number of hydrogen-bond acceptors (Lipinski definition) is 6. The Balaban J connectivity index is 2.42. The highest BCUT2D eigenvalue weighted by Gasteiger charge is 2.22. The molecule has 1 aromatic heterocycles. The van der Waals surface area contributed by atoms with Gasteiger partial charge >= 0.3 is 5.69 Å². The molecule has 1 heterocycles. The molecule has 0 bridgehead atoms. The summed E-state index contributed by atoms with van der Waals surface area (Å²) in [7, 11) is 1.56. The van der Waals surface area contributed by atoms with Crippen LogP contribution in [0.1, 0.15) is 5.56 Å². The Morgan fingerprint density at radius 2 is 2.00 bits per heavy atom. The van der Waals surface area contributed by atoms with Crippen LogP contribution < -0.4 is 10.6 Å². The van der Waals surface area contributed by atoms with E-state index in [1.807, 2.05) is 13.0 Å². The van der Waals surface area contributed by atoms with Crippen LogP contribution in [0.5, 0.6) is 0 Å². The van der Waals surface area contributed by atoms with Crippen molar-refractivity contribution in [3.63, 3.8) is 0 Å². The first kappa shape index (κ1) is 14.0. The van der Waals surface area contributed by atoms with Crippen LogP contribution in [-0.4, -0.2) is 21.9 Å². The molecular weight excluding hydrogens is 282 g/mol. The van der Waals surface area contributed by atoms with Gasteiger partial charge in [-0.05, 0) is 24.6 Å². The smallest absolute Gasteiger partial charge is 0.353 e. The largest absolute Gasteiger partial charge is 0.367 e. The van der Waals surface area contributed by atoms with Crippen molar-refractivity contribution < 1.29 is 4.92 Å². The number of halogens is 1. The van der Waals surface area contributed by atoms with Crippen molar-refractivity contribution in [3.8, 4) is 0 Å². The predicted octanol–water partition coefficient (Wildman–Crippen LogP) is 3.13. The van der Waals surface area contributed by atoms with Gasteiger partial charge in [-0.1, -0.05) is 17.7 Å². The summed E-state index contributed by atoms with van der Waals surface area (Å²) in [6.45, 7) is 1.87. The minimum absolute atomic E-state index is 0.106. The molecule has 20 heavy (non-hydrogen) atoms. The van der Waals surface area contributed by atoms with Crippen molar-refractivity contribution in [1.82, 2.24) is 9.97 Å². The SMILES string of the molecule is CNc1ncnc(Nc2ccc(C)c(Cl)c2)c1[N+](=O)[O-]. The number of nitro groups is 1. The van der Waals surface area contributed by atoms with E-state index in [9.17, 15) is 10.1 Å². The molecule has 0 aliphatic heterocycles. The molecule has 0 aliphatic carbocycles. The van der Waals surface area contributed by atoms with Gasteiger partial charge in [0.05, 0.1) is 4.92 Å². The Kier molecular flexibility index (Phi) is 3.99. The Morgan fingerprint density at radius 1 is 1.30 bits per heavy atom. The van der Waals surface area contributed by atoms with Gasteiger partial charge in [0, 0.05) is 17.8 Å².